The zero-order chi connectivity index (χ0) is 16.2. The van der Waals surface area contributed by atoms with Crippen LogP contribution in [0, 0.1) is 6.92 Å². The summed E-state index contributed by atoms with van der Waals surface area (Å²) in [5.41, 5.74) is 2.63. The van der Waals surface area contributed by atoms with E-state index in [1.807, 2.05) is 55.5 Å². The number of rotatable bonds is 5. The van der Waals surface area contributed by atoms with Crippen LogP contribution in [0.15, 0.2) is 48.5 Å². The van der Waals surface area contributed by atoms with Crippen molar-refractivity contribution < 1.29 is 9.84 Å². The third-order valence-corrected chi connectivity index (χ3v) is 3.87. The second-order valence-electron chi connectivity index (χ2n) is 5.13. The van der Waals surface area contributed by atoms with E-state index >= 15 is 0 Å². The molecule has 1 aromatic heterocycles. The molecule has 0 saturated heterocycles. The summed E-state index contributed by atoms with van der Waals surface area (Å²) in [5, 5.41) is 13.8. The zero-order valence-corrected chi connectivity index (χ0v) is 13.5. The van der Waals surface area contributed by atoms with Crippen molar-refractivity contribution in [1.82, 2.24) is 4.98 Å². The predicted molar refractivity (Wildman–Crippen MR) is 93.8 cm³/mol. The van der Waals surface area contributed by atoms with Gasteiger partial charge in [-0.25, -0.2) is 4.98 Å². The molecule has 5 heteroatoms. The first-order valence-electron chi connectivity index (χ1n) is 7.34. The van der Waals surface area contributed by atoms with E-state index in [9.17, 15) is 0 Å². The van der Waals surface area contributed by atoms with Crippen LogP contribution in [-0.2, 0) is 0 Å². The van der Waals surface area contributed by atoms with Gasteiger partial charge in [0.25, 0.3) is 0 Å². The molecule has 23 heavy (non-hydrogen) atoms. The average molecular weight is 329 g/mol. The van der Waals surface area contributed by atoms with Crippen LogP contribution in [-0.4, -0.2) is 23.3 Å². The van der Waals surface area contributed by atoms with Gasteiger partial charge < -0.3 is 15.2 Å². The summed E-state index contributed by atoms with van der Waals surface area (Å²) in [5.74, 6) is 1.45. The van der Waals surface area contributed by atoms with Crippen LogP contribution in [0.3, 0.4) is 0 Å². The van der Waals surface area contributed by atoms with Crippen LogP contribution < -0.4 is 10.1 Å². The second-order valence-corrected chi connectivity index (χ2v) is 5.54. The number of anilines is 2. The molecular weight excluding hydrogens is 312 g/mol. The maximum atomic E-state index is 8.89. The average Bonchev–Trinajstić information content (AvgIpc) is 2.56. The standard InChI is InChI=1S/C18H17ClN2O2/c1-12-15(6-3-7-16(12)23-11-10-22)20-17-9-8-13-4-2-5-14(19)18(13)21-17/h2-9,22H,10-11H2,1H3,(H,20,21). The monoisotopic (exact) mass is 328 g/mol. The molecule has 0 atom stereocenters. The molecule has 0 aliphatic rings. The van der Waals surface area contributed by atoms with Gasteiger partial charge in [-0.15, -0.1) is 0 Å². The van der Waals surface area contributed by atoms with Crippen LogP contribution >= 0.6 is 11.6 Å². The van der Waals surface area contributed by atoms with Gasteiger partial charge in [-0.2, -0.15) is 0 Å². The lowest BCUT2D eigenvalue weighted by molar-refractivity contribution is 0.200. The van der Waals surface area contributed by atoms with E-state index in [4.69, 9.17) is 21.4 Å². The van der Waals surface area contributed by atoms with E-state index in [1.54, 1.807) is 0 Å². The Morgan fingerprint density at radius 3 is 2.78 bits per heavy atom. The van der Waals surface area contributed by atoms with Crippen LogP contribution in [0.4, 0.5) is 11.5 Å². The number of nitrogens with zero attached hydrogens (tertiary/aromatic N) is 1. The molecule has 0 aliphatic carbocycles. The highest BCUT2D eigenvalue weighted by molar-refractivity contribution is 6.35. The Morgan fingerprint density at radius 2 is 1.96 bits per heavy atom. The SMILES string of the molecule is Cc1c(Nc2ccc3cccc(Cl)c3n2)cccc1OCCO. The minimum atomic E-state index is -0.0121. The molecule has 3 rings (SSSR count). The molecule has 118 valence electrons. The molecule has 4 nitrogen and oxygen atoms in total. The highest BCUT2D eigenvalue weighted by Gasteiger charge is 2.07. The van der Waals surface area contributed by atoms with Crippen molar-refractivity contribution in [2.75, 3.05) is 18.5 Å². The molecule has 0 bridgehead atoms. The molecule has 1 heterocycles. The van der Waals surface area contributed by atoms with Crippen molar-refractivity contribution in [3.05, 3.63) is 59.1 Å². The van der Waals surface area contributed by atoms with Crippen LogP contribution in [0.25, 0.3) is 10.9 Å². The Morgan fingerprint density at radius 1 is 1.13 bits per heavy atom. The molecule has 2 aromatic carbocycles. The molecule has 3 aromatic rings. The summed E-state index contributed by atoms with van der Waals surface area (Å²) in [6.45, 7) is 2.22. The van der Waals surface area contributed by atoms with Gasteiger partial charge in [0.1, 0.15) is 18.2 Å². The highest BCUT2D eigenvalue weighted by Crippen LogP contribution is 2.29. The minimum absolute atomic E-state index is 0.0121. The third-order valence-electron chi connectivity index (χ3n) is 3.57. The smallest absolute Gasteiger partial charge is 0.131 e. The Bertz CT molecular complexity index is 836. The first-order valence-corrected chi connectivity index (χ1v) is 7.72. The van der Waals surface area contributed by atoms with Crippen molar-refractivity contribution in [3.63, 3.8) is 0 Å². The minimum Gasteiger partial charge on any atom is -0.491 e. The summed E-state index contributed by atoms with van der Waals surface area (Å²) in [6, 6.07) is 15.3. The summed E-state index contributed by atoms with van der Waals surface area (Å²) < 4.78 is 5.52. The Kier molecular flexibility index (Phi) is 4.65. The largest absolute Gasteiger partial charge is 0.491 e. The van der Waals surface area contributed by atoms with Gasteiger partial charge >= 0.3 is 0 Å². The molecule has 2 N–H and O–H groups in total. The number of ether oxygens (including phenoxy) is 1. The third kappa shape index (κ3) is 3.38. The number of para-hydroxylation sites is 1. The number of fused-ring (bicyclic) bond motifs is 1. The Labute approximate surface area is 139 Å². The number of aromatic nitrogens is 1. The number of aliphatic hydroxyl groups excluding tert-OH is 1. The van der Waals surface area contributed by atoms with Gasteiger partial charge in [0, 0.05) is 16.6 Å². The van der Waals surface area contributed by atoms with Crippen molar-refractivity contribution in [3.8, 4) is 5.75 Å². The molecular formula is C18H17ClN2O2. The first kappa shape index (κ1) is 15.6. The number of pyridine rings is 1. The van der Waals surface area contributed by atoms with Crippen LogP contribution in [0.2, 0.25) is 5.02 Å². The fourth-order valence-electron chi connectivity index (χ4n) is 2.38. The van der Waals surface area contributed by atoms with Gasteiger partial charge in [-0.3, -0.25) is 0 Å². The lowest BCUT2D eigenvalue weighted by Crippen LogP contribution is -2.04. The van der Waals surface area contributed by atoms with E-state index < -0.39 is 0 Å². The van der Waals surface area contributed by atoms with E-state index in [0.29, 0.717) is 10.8 Å². The number of nitrogens with one attached hydrogen (secondary N) is 1. The van der Waals surface area contributed by atoms with Gasteiger partial charge in [0.2, 0.25) is 0 Å². The van der Waals surface area contributed by atoms with E-state index in [0.717, 1.165) is 27.9 Å². The number of halogens is 1. The molecule has 0 radical (unpaired) electrons. The van der Waals surface area contributed by atoms with E-state index in [1.165, 1.54) is 0 Å². The fraction of sp³-hybridized carbons (Fsp3) is 0.167. The normalized spacial score (nSPS) is 10.7. The van der Waals surface area contributed by atoms with Gasteiger partial charge in [0.05, 0.1) is 17.1 Å². The molecule has 0 spiro atoms. The Hall–Kier alpha value is -2.30. The number of benzene rings is 2. The first-order chi connectivity index (χ1) is 11.2. The van der Waals surface area contributed by atoms with Gasteiger partial charge in [-0.1, -0.05) is 29.8 Å². The maximum absolute atomic E-state index is 8.89. The summed E-state index contributed by atoms with van der Waals surface area (Å²) in [7, 11) is 0. The quantitative estimate of drug-likeness (QED) is 0.732. The lowest BCUT2D eigenvalue weighted by Gasteiger charge is -2.14. The number of aliphatic hydroxyl groups is 1. The molecule has 0 aliphatic heterocycles. The van der Waals surface area contributed by atoms with Crippen molar-refractivity contribution >= 4 is 34.0 Å². The van der Waals surface area contributed by atoms with E-state index in [2.05, 4.69) is 10.3 Å². The van der Waals surface area contributed by atoms with Crippen molar-refractivity contribution in [2.24, 2.45) is 0 Å². The summed E-state index contributed by atoms with van der Waals surface area (Å²) in [6.07, 6.45) is 0. The van der Waals surface area contributed by atoms with Crippen LogP contribution in [0.1, 0.15) is 5.56 Å². The summed E-state index contributed by atoms with van der Waals surface area (Å²) in [4.78, 5) is 4.58. The van der Waals surface area contributed by atoms with Gasteiger partial charge in [0.15, 0.2) is 0 Å². The number of hydrogen-bond acceptors (Lipinski definition) is 4. The second kappa shape index (κ2) is 6.86. The predicted octanol–water partition coefficient (Wildman–Crippen LogP) is 4.31. The van der Waals surface area contributed by atoms with Crippen LogP contribution in [0.5, 0.6) is 5.75 Å². The van der Waals surface area contributed by atoms with Crippen molar-refractivity contribution in [1.29, 1.82) is 0 Å². The highest BCUT2D eigenvalue weighted by atomic mass is 35.5. The maximum Gasteiger partial charge on any atom is 0.131 e. The van der Waals surface area contributed by atoms with Gasteiger partial charge in [-0.05, 0) is 37.3 Å². The number of hydrogen-bond donors (Lipinski definition) is 2. The topological polar surface area (TPSA) is 54.4 Å². The van der Waals surface area contributed by atoms with Crippen molar-refractivity contribution in [2.45, 2.75) is 6.92 Å². The molecule has 0 unspecified atom stereocenters. The molecule has 0 fully saturated rings. The Balaban J connectivity index is 1.91. The zero-order valence-electron chi connectivity index (χ0n) is 12.7. The fourth-order valence-corrected chi connectivity index (χ4v) is 2.60. The van der Waals surface area contributed by atoms with E-state index in [-0.39, 0.29) is 13.2 Å². The lowest BCUT2D eigenvalue weighted by atomic mass is 10.1. The summed E-state index contributed by atoms with van der Waals surface area (Å²) >= 11 is 6.21. The molecule has 0 saturated carbocycles. The molecule has 0 amide bonds.